The van der Waals surface area contributed by atoms with Gasteiger partial charge in [-0.3, -0.25) is 4.79 Å². The fourth-order valence-electron chi connectivity index (χ4n) is 0.884. The van der Waals surface area contributed by atoms with E-state index in [1.54, 1.807) is 12.4 Å². The Morgan fingerprint density at radius 3 is 3.00 bits per heavy atom. The molecule has 2 aromatic rings. The Kier molecular flexibility index (Phi) is 1.82. The van der Waals surface area contributed by atoms with E-state index in [0.717, 1.165) is 0 Å². The molecule has 6 heteroatoms. The topological polar surface area (TPSA) is 73.8 Å². The molecule has 2 heterocycles. The standard InChI is InChI=1S/C7H6N4OS/c8-6(12)5-3-10-11(4-5)7-9-1-2-13-7/h1-4H,(H2,8,12). The second-order valence-electron chi connectivity index (χ2n) is 2.35. The molecule has 2 N–H and O–H groups in total. The van der Waals surface area contributed by atoms with Gasteiger partial charge in [0, 0.05) is 17.8 Å². The number of hydrogen-bond acceptors (Lipinski definition) is 4. The summed E-state index contributed by atoms with van der Waals surface area (Å²) in [6, 6.07) is 0. The first-order chi connectivity index (χ1) is 6.27. The van der Waals surface area contributed by atoms with Crippen LogP contribution in [0.25, 0.3) is 5.13 Å². The number of aromatic nitrogens is 3. The van der Waals surface area contributed by atoms with Gasteiger partial charge in [0.05, 0.1) is 11.8 Å². The number of nitrogens with two attached hydrogens (primary N) is 1. The minimum atomic E-state index is -0.484. The summed E-state index contributed by atoms with van der Waals surface area (Å²) in [4.78, 5) is 14.8. The Morgan fingerprint density at radius 1 is 1.62 bits per heavy atom. The molecule has 0 bridgehead atoms. The fraction of sp³-hybridized carbons (Fsp3) is 0. The summed E-state index contributed by atoms with van der Waals surface area (Å²) in [7, 11) is 0. The van der Waals surface area contributed by atoms with Crippen LogP contribution in [0.2, 0.25) is 0 Å². The van der Waals surface area contributed by atoms with Crippen molar-refractivity contribution in [3.8, 4) is 5.13 Å². The Balaban J connectivity index is 2.39. The van der Waals surface area contributed by atoms with Gasteiger partial charge in [0.25, 0.3) is 5.91 Å². The molecule has 0 unspecified atom stereocenters. The lowest BCUT2D eigenvalue weighted by atomic mass is 10.4. The Morgan fingerprint density at radius 2 is 2.46 bits per heavy atom. The van der Waals surface area contributed by atoms with E-state index in [0.29, 0.717) is 10.7 Å². The van der Waals surface area contributed by atoms with Crippen molar-refractivity contribution >= 4 is 17.2 Å². The molecule has 0 aliphatic rings. The molecular weight excluding hydrogens is 188 g/mol. The van der Waals surface area contributed by atoms with Crippen molar-refractivity contribution in [2.45, 2.75) is 0 Å². The maximum Gasteiger partial charge on any atom is 0.251 e. The second kappa shape index (κ2) is 2.98. The predicted molar refractivity (Wildman–Crippen MR) is 47.8 cm³/mol. The molecule has 2 rings (SSSR count). The van der Waals surface area contributed by atoms with Crippen LogP contribution in [0.5, 0.6) is 0 Å². The average Bonchev–Trinajstić information content (AvgIpc) is 2.75. The number of rotatable bonds is 2. The molecule has 0 saturated heterocycles. The lowest BCUT2D eigenvalue weighted by molar-refractivity contribution is 0.100. The third kappa shape index (κ3) is 1.43. The Bertz CT molecular complexity index is 419. The van der Waals surface area contributed by atoms with Crippen molar-refractivity contribution in [2.24, 2.45) is 5.73 Å². The molecule has 0 aliphatic carbocycles. The predicted octanol–water partition coefficient (Wildman–Crippen LogP) is 0.428. The summed E-state index contributed by atoms with van der Waals surface area (Å²) in [5, 5.41) is 6.49. The number of carbonyl (C=O) groups is 1. The summed E-state index contributed by atoms with van der Waals surface area (Å²) in [5.74, 6) is -0.484. The normalized spacial score (nSPS) is 10.2. The molecule has 66 valence electrons. The SMILES string of the molecule is NC(=O)c1cnn(-c2nccs2)c1. The van der Waals surface area contributed by atoms with Crippen molar-refractivity contribution in [2.75, 3.05) is 0 Å². The lowest BCUT2D eigenvalue weighted by Crippen LogP contribution is -2.09. The third-order valence-corrected chi connectivity index (χ3v) is 2.24. The molecule has 0 spiro atoms. The van der Waals surface area contributed by atoms with E-state index in [1.165, 1.54) is 22.2 Å². The zero-order valence-corrected chi connectivity index (χ0v) is 7.36. The fourth-order valence-corrected chi connectivity index (χ4v) is 1.46. The van der Waals surface area contributed by atoms with Crippen LogP contribution >= 0.6 is 11.3 Å². The van der Waals surface area contributed by atoms with E-state index in [-0.39, 0.29) is 0 Å². The maximum atomic E-state index is 10.7. The summed E-state index contributed by atoms with van der Waals surface area (Å²) in [5.41, 5.74) is 5.46. The highest BCUT2D eigenvalue weighted by Gasteiger charge is 2.05. The summed E-state index contributed by atoms with van der Waals surface area (Å²) >= 11 is 1.44. The van der Waals surface area contributed by atoms with Crippen molar-refractivity contribution in [1.82, 2.24) is 14.8 Å². The van der Waals surface area contributed by atoms with Gasteiger partial charge in [-0.05, 0) is 0 Å². The van der Waals surface area contributed by atoms with Crippen LogP contribution in [0.3, 0.4) is 0 Å². The van der Waals surface area contributed by atoms with Gasteiger partial charge in [-0.1, -0.05) is 0 Å². The van der Waals surface area contributed by atoms with Gasteiger partial charge in [-0.25, -0.2) is 9.67 Å². The molecule has 13 heavy (non-hydrogen) atoms. The molecule has 0 saturated carbocycles. The van der Waals surface area contributed by atoms with Gasteiger partial charge in [0.2, 0.25) is 5.13 Å². The van der Waals surface area contributed by atoms with E-state index >= 15 is 0 Å². The van der Waals surface area contributed by atoms with E-state index in [2.05, 4.69) is 10.1 Å². The molecule has 0 aromatic carbocycles. The monoisotopic (exact) mass is 194 g/mol. The number of primary amides is 1. The van der Waals surface area contributed by atoms with E-state index in [1.807, 2.05) is 5.38 Å². The van der Waals surface area contributed by atoms with Crippen LogP contribution in [-0.4, -0.2) is 20.7 Å². The summed E-state index contributed by atoms with van der Waals surface area (Å²) < 4.78 is 1.52. The number of thiazole rings is 1. The molecule has 0 fully saturated rings. The van der Waals surface area contributed by atoms with Crippen LogP contribution in [0.15, 0.2) is 24.0 Å². The minimum Gasteiger partial charge on any atom is -0.366 e. The third-order valence-electron chi connectivity index (χ3n) is 1.48. The first-order valence-corrected chi connectivity index (χ1v) is 4.39. The van der Waals surface area contributed by atoms with E-state index < -0.39 is 5.91 Å². The molecule has 1 amide bonds. The van der Waals surface area contributed by atoms with Crippen LogP contribution in [0.4, 0.5) is 0 Å². The van der Waals surface area contributed by atoms with Gasteiger partial charge in [0.15, 0.2) is 0 Å². The number of nitrogens with zero attached hydrogens (tertiary/aromatic N) is 3. The van der Waals surface area contributed by atoms with Crippen molar-refractivity contribution < 1.29 is 4.79 Å². The largest absolute Gasteiger partial charge is 0.366 e. The quantitative estimate of drug-likeness (QED) is 0.753. The number of carbonyl (C=O) groups excluding carboxylic acids is 1. The van der Waals surface area contributed by atoms with Crippen molar-refractivity contribution in [3.05, 3.63) is 29.5 Å². The van der Waals surface area contributed by atoms with Crippen LogP contribution in [0.1, 0.15) is 10.4 Å². The second-order valence-corrected chi connectivity index (χ2v) is 3.23. The number of hydrogen-bond donors (Lipinski definition) is 1. The zero-order chi connectivity index (χ0) is 9.26. The maximum absolute atomic E-state index is 10.7. The zero-order valence-electron chi connectivity index (χ0n) is 6.54. The molecule has 5 nitrogen and oxygen atoms in total. The van der Waals surface area contributed by atoms with Crippen LogP contribution in [-0.2, 0) is 0 Å². The number of amides is 1. The molecule has 2 aromatic heterocycles. The van der Waals surface area contributed by atoms with Gasteiger partial charge >= 0.3 is 0 Å². The van der Waals surface area contributed by atoms with Gasteiger partial charge < -0.3 is 5.73 Å². The Labute approximate surface area is 77.8 Å². The smallest absolute Gasteiger partial charge is 0.251 e. The molecule has 0 atom stereocenters. The van der Waals surface area contributed by atoms with Crippen molar-refractivity contribution in [3.63, 3.8) is 0 Å². The summed E-state index contributed by atoms with van der Waals surface area (Å²) in [6.07, 6.45) is 4.65. The highest BCUT2D eigenvalue weighted by molar-refractivity contribution is 7.12. The molecular formula is C7H6N4OS. The van der Waals surface area contributed by atoms with Crippen LogP contribution in [0, 0.1) is 0 Å². The highest BCUT2D eigenvalue weighted by Crippen LogP contribution is 2.10. The first kappa shape index (κ1) is 7.93. The van der Waals surface area contributed by atoms with Gasteiger partial charge in [0.1, 0.15) is 0 Å². The molecule has 0 radical (unpaired) electrons. The van der Waals surface area contributed by atoms with Gasteiger partial charge in [-0.15, -0.1) is 11.3 Å². The average molecular weight is 194 g/mol. The summed E-state index contributed by atoms with van der Waals surface area (Å²) in [6.45, 7) is 0. The van der Waals surface area contributed by atoms with E-state index in [9.17, 15) is 4.79 Å². The van der Waals surface area contributed by atoms with Crippen LogP contribution < -0.4 is 5.73 Å². The van der Waals surface area contributed by atoms with Crippen molar-refractivity contribution in [1.29, 1.82) is 0 Å². The minimum absolute atomic E-state index is 0.384. The Hall–Kier alpha value is -1.69. The first-order valence-electron chi connectivity index (χ1n) is 3.52. The van der Waals surface area contributed by atoms with E-state index in [4.69, 9.17) is 5.73 Å². The van der Waals surface area contributed by atoms with Gasteiger partial charge in [-0.2, -0.15) is 5.10 Å². The molecule has 0 aliphatic heterocycles. The lowest BCUT2D eigenvalue weighted by Gasteiger charge is -1.90. The highest BCUT2D eigenvalue weighted by atomic mass is 32.1.